The highest BCUT2D eigenvalue weighted by Crippen LogP contribution is 2.27. The summed E-state index contributed by atoms with van der Waals surface area (Å²) in [5.41, 5.74) is 1.14. The molecule has 0 saturated heterocycles. The third-order valence-electron chi connectivity index (χ3n) is 3.46. The summed E-state index contributed by atoms with van der Waals surface area (Å²) in [5, 5.41) is 10.9. The van der Waals surface area contributed by atoms with E-state index in [4.69, 9.17) is 1.37 Å². The fourth-order valence-electron chi connectivity index (χ4n) is 2.53. The first-order valence-electron chi connectivity index (χ1n) is 8.52. The van der Waals surface area contributed by atoms with Crippen LogP contribution in [-0.2, 0) is 17.8 Å². The average molecular weight is 296 g/mol. The number of aryl methyl sites for hydroxylation is 2. The molecule has 1 aromatic heterocycles. The molecule has 120 valence electrons. The van der Waals surface area contributed by atoms with E-state index in [-0.39, 0.29) is 17.2 Å². The molecule has 0 bridgehead atoms. The molecule has 1 aromatic rings. The number of nitrogens with zero attached hydrogens (tertiary/aromatic N) is 3. The number of hydrogen-bond acceptors (Lipinski definition) is 3. The lowest BCUT2D eigenvalue weighted by atomic mass is 9.82. The number of rotatable bonds is 8. The van der Waals surface area contributed by atoms with Gasteiger partial charge in [0.1, 0.15) is 0 Å². The number of amides is 1. The van der Waals surface area contributed by atoms with Gasteiger partial charge in [0, 0.05) is 20.4 Å². The standard InChI is InChI=1S/C16H30N4O/c1-6-14-12-18-19-20(14)10-8-9-13(11-16(3,4)5)15(21)17-7-2/h12-13H,6-11H2,1-5H3,(H,17,21)/i1T. The maximum Gasteiger partial charge on any atom is 0.223 e. The van der Waals surface area contributed by atoms with Crippen molar-refractivity contribution in [1.82, 2.24) is 20.3 Å². The first-order valence-corrected chi connectivity index (χ1v) is 7.81. The quantitative estimate of drug-likeness (QED) is 0.802. The van der Waals surface area contributed by atoms with Crippen molar-refractivity contribution in [2.75, 3.05) is 6.54 Å². The molecule has 0 fully saturated rings. The second-order valence-electron chi connectivity index (χ2n) is 6.70. The molecule has 0 spiro atoms. The molecule has 1 heterocycles. The van der Waals surface area contributed by atoms with Crippen LogP contribution in [0.1, 0.15) is 60.9 Å². The Bertz CT molecular complexity index is 453. The average Bonchev–Trinajstić information content (AvgIpc) is 2.84. The molecule has 1 unspecified atom stereocenters. The molecule has 0 radical (unpaired) electrons. The Morgan fingerprint density at radius 3 is 2.90 bits per heavy atom. The van der Waals surface area contributed by atoms with Crippen LogP contribution in [0.15, 0.2) is 6.20 Å². The van der Waals surface area contributed by atoms with Gasteiger partial charge in [-0.05, 0) is 38.0 Å². The van der Waals surface area contributed by atoms with Gasteiger partial charge in [-0.2, -0.15) is 0 Å². The molecular formula is C16H30N4O. The Morgan fingerprint density at radius 1 is 1.52 bits per heavy atom. The molecule has 0 aromatic carbocycles. The topological polar surface area (TPSA) is 59.8 Å². The number of carbonyl (C=O) groups excluding carboxylic acids is 1. The zero-order valence-electron chi connectivity index (χ0n) is 14.9. The van der Waals surface area contributed by atoms with Crippen LogP contribution in [0.4, 0.5) is 0 Å². The van der Waals surface area contributed by atoms with Gasteiger partial charge in [-0.1, -0.05) is 32.9 Å². The molecule has 21 heavy (non-hydrogen) atoms. The van der Waals surface area contributed by atoms with Crippen LogP contribution in [-0.4, -0.2) is 27.4 Å². The molecule has 1 atom stereocenters. The highest BCUT2D eigenvalue weighted by molar-refractivity contribution is 5.78. The minimum Gasteiger partial charge on any atom is -0.356 e. The van der Waals surface area contributed by atoms with E-state index >= 15 is 0 Å². The van der Waals surface area contributed by atoms with Gasteiger partial charge in [0.05, 0.1) is 11.9 Å². The van der Waals surface area contributed by atoms with Crippen molar-refractivity contribution >= 4 is 5.91 Å². The van der Waals surface area contributed by atoms with Gasteiger partial charge < -0.3 is 5.32 Å². The summed E-state index contributed by atoms with van der Waals surface area (Å²) >= 11 is 0. The molecule has 1 rings (SSSR count). The Hall–Kier alpha value is -1.39. The summed E-state index contributed by atoms with van der Waals surface area (Å²) in [6.07, 6.45) is 5.03. The minimum atomic E-state index is 0.0445. The highest BCUT2D eigenvalue weighted by Gasteiger charge is 2.24. The van der Waals surface area contributed by atoms with E-state index in [0.29, 0.717) is 19.9 Å². The summed E-state index contributed by atoms with van der Waals surface area (Å²) in [7, 11) is 0. The van der Waals surface area contributed by atoms with Gasteiger partial charge in [0.25, 0.3) is 0 Å². The fraction of sp³-hybridized carbons (Fsp3) is 0.812. The Kier molecular flexibility index (Phi) is 6.21. The van der Waals surface area contributed by atoms with Crippen LogP contribution >= 0.6 is 0 Å². The second kappa shape index (κ2) is 8.15. The van der Waals surface area contributed by atoms with E-state index in [1.165, 1.54) is 0 Å². The van der Waals surface area contributed by atoms with Crippen molar-refractivity contribution in [2.24, 2.45) is 11.3 Å². The summed E-state index contributed by atoms with van der Waals surface area (Å²) < 4.78 is 9.16. The number of aromatic nitrogens is 3. The molecule has 5 nitrogen and oxygen atoms in total. The molecule has 1 N–H and O–H groups in total. The summed E-state index contributed by atoms with van der Waals surface area (Å²) in [4.78, 5) is 12.2. The molecular weight excluding hydrogens is 264 g/mol. The van der Waals surface area contributed by atoms with Crippen LogP contribution in [0.2, 0.25) is 0 Å². The Balaban J connectivity index is 2.55. The smallest absolute Gasteiger partial charge is 0.223 e. The normalized spacial score (nSPS) is 13.8. The third-order valence-corrected chi connectivity index (χ3v) is 3.46. The van der Waals surface area contributed by atoms with E-state index < -0.39 is 0 Å². The molecule has 5 heteroatoms. The second-order valence-corrected chi connectivity index (χ2v) is 6.70. The van der Waals surface area contributed by atoms with E-state index in [0.717, 1.165) is 31.5 Å². The number of hydrogen-bond donors (Lipinski definition) is 1. The van der Waals surface area contributed by atoms with Crippen molar-refractivity contribution in [1.29, 1.82) is 0 Å². The van der Waals surface area contributed by atoms with Crippen LogP contribution in [0.3, 0.4) is 0 Å². The zero-order valence-corrected chi connectivity index (χ0v) is 13.9. The van der Waals surface area contributed by atoms with Crippen LogP contribution in [0, 0.1) is 11.3 Å². The summed E-state index contributed by atoms with van der Waals surface area (Å²) in [6.45, 7) is 10.2. The van der Waals surface area contributed by atoms with Crippen molar-refractivity contribution in [3.8, 4) is 0 Å². The number of nitrogens with one attached hydrogen (secondary N) is 1. The minimum absolute atomic E-state index is 0.0445. The van der Waals surface area contributed by atoms with Gasteiger partial charge in [-0.3, -0.25) is 4.79 Å². The molecule has 0 aliphatic rings. The van der Waals surface area contributed by atoms with Crippen molar-refractivity contribution in [3.05, 3.63) is 11.9 Å². The van der Waals surface area contributed by atoms with Gasteiger partial charge in [0.2, 0.25) is 5.91 Å². The van der Waals surface area contributed by atoms with Gasteiger partial charge in [0.15, 0.2) is 0 Å². The van der Waals surface area contributed by atoms with E-state index in [9.17, 15) is 4.79 Å². The molecule has 1 amide bonds. The van der Waals surface area contributed by atoms with Crippen molar-refractivity contribution < 1.29 is 6.17 Å². The van der Waals surface area contributed by atoms with Crippen LogP contribution < -0.4 is 5.32 Å². The molecule has 0 aliphatic heterocycles. The van der Waals surface area contributed by atoms with Crippen molar-refractivity contribution in [3.63, 3.8) is 0 Å². The highest BCUT2D eigenvalue weighted by atomic mass is 16.1. The maximum absolute atomic E-state index is 12.2. The SMILES string of the molecule is [3H]CCc1cnnn1CCCC(CC(C)(C)C)C(=O)NCC. The van der Waals surface area contributed by atoms with Crippen molar-refractivity contribution in [2.45, 2.75) is 66.8 Å². The maximum atomic E-state index is 12.2. The largest absolute Gasteiger partial charge is 0.356 e. The number of carbonyl (C=O) groups is 1. The molecule has 0 saturated carbocycles. The molecule has 0 aliphatic carbocycles. The fourth-order valence-corrected chi connectivity index (χ4v) is 2.53. The van der Waals surface area contributed by atoms with E-state index in [1.54, 1.807) is 6.20 Å². The van der Waals surface area contributed by atoms with E-state index in [2.05, 4.69) is 36.4 Å². The predicted molar refractivity (Wildman–Crippen MR) is 84.9 cm³/mol. The zero-order chi connectivity index (χ0) is 16.6. The summed E-state index contributed by atoms with van der Waals surface area (Å²) in [6, 6.07) is 0. The lowest BCUT2D eigenvalue weighted by Crippen LogP contribution is -2.33. The van der Waals surface area contributed by atoms with Crippen LogP contribution in [0.5, 0.6) is 0 Å². The Labute approximate surface area is 129 Å². The monoisotopic (exact) mass is 296 g/mol. The lowest BCUT2D eigenvalue weighted by molar-refractivity contribution is -0.126. The first-order chi connectivity index (χ1) is 10.4. The lowest BCUT2D eigenvalue weighted by Gasteiger charge is -2.25. The van der Waals surface area contributed by atoms with Crippen LogP contribution in [0.25, 0.3) is 0 Å². The van der Waals surface area contributed by atoms with Gasteiger partial charge >= 0.3 is 0 Å². The third kappa shape index (κ3) is 6.27. The van der Waals surface area contributed by atoms with E-state index in [1.807, 2.05) is 11.6 Å². The summed E-state index contributed by atoms with van der Waals surface area (Å²) in [5.74, 6) is 0.200. The first kappa shape index (κ1) is 16.0. The van der Waals surface area contributed by atoms with Gasteiger partial charge in [-0.25, -0.2) is 4.68 Å². The Morgan fingerprint density at radius 2 is 2.29 bits per heavy atom. The predicted octanol–water partition coefficient (Wildman–Crippen LogP) is 2.81. The van der Waals surface area contributed by atoms with Gasteiger partial charge in [-0.15, -0.1) is 5.10 Å².